The first-order valence-electron chi connectivity index (χ1n) is 5.26. The Labute approximate surface area is 104 Å². The maximum Gasteiger partial charge on any atom is 0.0257 e. The second-order valence-electron chi connectivity index (χ2n) is 3.59. The monoisotopic (exact) mass is 211 g/mol. The molecule has 0 rings (SSSR count). The molecule has 0 aromatic heterocycles. The molecular formula is C7H16B5N4. The van der Waals surface area contributed by atoms with Gasteiger partial charge in [-0.05, 0) is 39.0 Å². The summed E-state index contributed by atoms with van der Waals surface area (Å²) in [4.78, 5) is 4.84. The average Bonchev–Trinajstić information content (AvgIpc) is 2.23. The topological polar surface area (TPSA) is 52.0 Å². The Morgan fingerprint density at radius 1 is 1.31 bits per heavy atom. The highest BCUT2D eigenvalue weighted by Crippen LogP contribution is 1.96. The van der Waals surface area contributed by atoms with Gasteiger partial charge >= 0.3 is 0 Å². The van der Waals surface area contributed by atoms with E-state index in [2.05, 4.69) is 29.0 Å². The van der Waals surface area contributed by atoms with Crippen LogP contribution in [0, 0.1) is 0 Å². The quantitative estimate of drug-likeness (QED) is 0.194. The van der Waals surface area contributed by atoms with E-state index < -0.39 is 6.39 Å². The summed E-state index contributed by atoms with van der Waals surface area (Å²) in [7, 11) is 19.9. The van der Waals surface area contributed by atoms with Crippen molar-refractivity contribution in [2.24, 2.45) is 5.11 Å². The van der Waals surface area contributed by atoms with Crippen LogP contribution in [0.3, 0.4) is 0 Å². The van der Waals surface area contributed by atoms with E-state index in [1.807, 2.05) is 0 Å². The van der Waals surface area contributed by atoms with Gasteiger partial charge in [-0.25, -0.2) is 0 Å². The second-order valence-corrected chi connectivity index (χ2v) is 3.59. The van der Waals surface area contributed by atoms with Crippen molar-refractivity contribution in [1.29, 1.82) is 0 Å². The van der Waals surface area contributed by atoms with E-state index in [-0.39, 0.29) is 0 Å². The van der Waals surface area contributed by atoms with E-state index in [4.69, 9.17) is 28.7 Å². The van der Waals surface area contributed by atoms with E-state index in [1.54, 1.807) is 0 Å². The van der Waals surface area contributed by atoms with Crippen molar-refractivity contribution in [3.63, 3.8) is 0 Å². The van der Waals surface area contributed by atoms with Gasteiger partial charge < -0.3 is 4.90 Å². The fraction of sp³-hybridized carbons (Fsp3) is 1.00. The van der Waals surface area contributed by atoms with Crippen LogP contribution in [0.5, 0.6) is 0 Å². The van der Waals surface area contributed by atoms with Crippen LogP contribution in [0.2, 0.25) is 0 Å². The molecule has 0 saturated heterocycles. The lowest BCUT2D eigenvalue weighted by atomic mass is 8.97. The maximum absolute atomic E-state index is 7.96. The molecule has 0 heterocycles. The van der Waals surface area contributed by atoms with Crippen molar-refractivity contribution in [2.45, 2.75) is 19.3 Å². The third-order valence-corrected chi connectivity index (χ3v) is 1.65. The van der Waals surface area contributed by atoms with Crippen LogP contribution in [0.15, 0.2) is 5.11 Å². The van der Waals surface area contributed by atoms with Crippen LogP contribution in [0.4, 0.5) is 0 Å². The molecule has 79 valence electrons. The van der Waals surface area contributed by atoms with Crippen molar-refractivity contribution < 1.29 is 0 Å². The van der Waals surface area contributed by atoms with E-state index >= 15 is 0 Å². The van der Waals surface area contributed by atoms with Crippen molar-refractivity contribution >= 4 is 36.7 Å². The van der Waals surface area contributed by atoms with Crippen molar-refractivity contribution in [1.82, 2.24) is 4.90 Å². The summed E-state index contributed by atoms with van der Waals surface area (Å²) in [5, 5.41) is 3.46. The first kappa shape index (κ1) is 18.0. The van der Waals surface area contributed by atoms with Gasteiger partial charge in [0.25, 0.3) is 0 Å². The van der Waals surface area contributed by atoms with Gasteiger partial charge in [0.05, 0.1) is 0 Å². The third-order valence-electron chi connectivity index (χ3n) is 1.65. The van der Waals surface area contributed by atoms with Gasteiger partial charge in [-0.15, -0.1) is 0 Å². The molecule has 0 saturated carbocycles. The highest BCUT2D eigenvalue weighted by atomic mass is 15.1. The van der Waals surface area contributed by atoms with Gasteiger partial charge in [0, 0.05) is 48.1 Å². The minimum Gasteiger partial charge on any atom is -0.309 e. The lowest BCUT2D eigenvalue weighted by Gasteiger charge is -2.07. The van der Waals surface area contributed by atoms with Gasteiger partial charge in [-0.1, -0.05) is 11.5 Å². The SMILES string of the molecule is CN(C)CCCCCN=[N+]=[N-].[B][B]B([B])[B]. The predicted octanol–water partition coefficient (Wildman–Crippen LogP) is 0.125. The molecule has 0 fully saturated rings. The molecule has 0 aromatic rings. The molecule has 0 aliphatic carbocycles. The average molecular weight is 210 g/mol. The molecule has 0 amide bonds. The van der Waals surface area contributed by atoms with Crippen LogP contribution in [-0.4, -0.2) is 68.7 Å². The van der Waals surface area contributed by atoms with Crippen molar-refractivity contribution in [3.05, 3.63) is 10.4 Å². The first-order valence-corrected chi connectivity index (χ1v) is 5.26. The normalized spacial score (nSPS) is 8.69. The van der Waals surface area contributed by atoms with E-state index in [0.717, 1.165) is 19.4 Å². The Balaban J connectivity index is 0. The standard InChI is InChI=1S/C7H16N4.B5/c1-11(2)7-5-3-4-6-9-10-8;1-4-5(2)3/h3-7H2,1-2H3;. The lowest BCUT2D eigenvalue weighted by Crippen LogP contribution is -2.23. The van der Waals surface area contributed by atoms with E-state index in [1.165, 1.54) is 13.5 Å². The molecular weight excluding hydrogens is 194 g/mol. The van der Waals surface area contributed by atoms with E-state index in [9.17, 15) is 0 Å². The lowest BCUT2D eigenvalue weighted by molar-refractivity contribution is 0.392. The highest BCUT2D eigenvalue weighted by molar-refractivity contribution is 7.60. The van der Waals surface area contributed by atoms with Crippen LogP contribution >= 0.6 is 0 Å². The Morgan fingerprint density at radius 2 is 1.88 bits per heavy atom. The Bertz CT molecular complexity index is 184. The fourth-order valence-electron chi connectivity index (χ4n) is 0.832. The molecule has 0 N–H and O–H groups in total. The minimum absolute atomic E-state index is 0.463. The van der Waals surface area contributed by atoms with Gasteiger partial charge in [0.1, 0.15) is 0 Å². The predicted molar refractivity (Wildman–Crippen MR) is 75.2 cm³/mol. The summed E-state index contributed by atoms with van der Waals surface area (Å²) in [6.07, 6.45) is 2.89. The summed E-state index contributed by atoms with van der Waals surface area (Å²) in [5.74, 6) is 0. The number of hydrogen-bond donors (Lipinski definition) is 0. The molecule has 4 nitrogen and oxygen atoms in total. The number of unbranched alkanes of at least 4 members (excludes halogenated alkanes) is 2. The molecule has 0 atom stereocenters. The summed E-state index contributed by atoms with van der Waals surface area (Å²) < 4.78 is 0. The molecule has 0 aliphatic heterocycles. The molecule has 0 aliphatic rings. The van der Waals surface area contributed by atoms with Crippen LogP contribution in [-0.2, 0) is 0 Å². The summed E-state index contributed by atoms with van der Waals surface area (Å²) >= 11 is 0. The Morgan fingerprint density at radius 3 is 2.25 bits per heavy atom. The molecule has 7 radical (unpaired) electrons. The van der Waals surface area contributed by atoms with Crippen LogP contribution < -0.4 is 0 Å². The van der Waals surface area contributed by atoms with Gasteiger partial charge in [0.15, 0.2) is 0 Å². The zero-order valence-electron chi connectivity index (χ0n) is 10.2. The van der Waals surface area contributed by atoms with Crippen LogP contribution in [0.1, 0.15) is 19.3 Å². The van der Waals surface area contributed by atoms with Crippen LogP contribution in [0.25, 0.3) is 10.4 Å². The molecule has 0 spiro atoms. The molecule has 0 bridgehead atoms. The second kappa shape index (κ2) is 14.6. The summed E-state index contributed by atoms with van der Waals surface area (Å²) in [6.45, 7) is 1.76. The zero-order valence-corrected chi connectivity index (χ0v) is 10.2. The number of rotatable bonds is 7. The summed E-state index contributed by atoms with van der Waals surface area (Å²) in [5.41, 5.74) is 7.96. The first-order chi connectivity index (χ1) is 7.54. The van der Waals surface area contributed by atoms with Gasteiger partial charge in [0.2, 0.25) is 0 Å². The number of azide groups is 1. The third kappa shape index (κ3) is 23.4. The molecule has 9 heteroatoms. The van der Waals surface area contributed by atoms with Crippen molar-refractivity contribution in [3.8, 4) is 0 Å². The number of hydrogen-bond acceptors (Lipinski definition) is 2. The Hall–Kier alpha value is -0.405. The highest BCUT2D eigenvalue weighted by Gasteiger charge is 1.89. The molecule has 0 unspecified atom stereocenters. The van der Waals surface area contributed by atoms with Crippen molar-refractivity contribution in [2.75, 3.05) is 27.2 Å². The molecule has 0 aromatic carbocycles. The smallest absolute Gasteiger partial charge is 0.0257 e. The summed E-state index contributed by atoms with van der Waals surface area (Å²) in [6, 6.07) is 0. The Kier molecular flexibility index (Phi) is 16.4. The maximum atomic E-state index is 7.96. The molecule has 16 heavy (non-hydrogen) atoms. The van der Waals surface area contributed by atoms with Gasteiger partial charge in [-0.3, -0.25) is 0 Å². The zero-order chi connectivity index (χ0) is 12.8. The minimum atomic E-state index is -0.463. The van der Waals surface area contributed by atoms with E-state index in [0.29, 0.717) is 6.54 Å². The fourth-order valence-corrected chi connectivity index (χ4v) is 0.832. The number of nitrogens with zero attached hydrogens (tertiary/aromatic N) is 4. The largest absolute Gasteiger partial charge is 0.309 e. The van der Waals surface area contributed by atoms with Gasteiger partial charge in [-0.2, -0.15) is 0 Å².